The summed E-state index contributed by atoms with van der Waals surface area (Å²) in [5, 5.41) is 0. The molecule has 0 aliphatic rings. The molecule has 0 spiro atoms. The molecule has 94 valence electrons. The number of hydrogen-bond donors (Lipinski definition) is 1. The van der Waals surface area contributed by atoms with Crippen LogP contribution in [0.3, 0.4) is 0 Å². The molecule has 1 aromatic carbocycles. The first-order chi connectivity index (χ1) is 8.56. The highest BCUT2D eigenvalue weighted by molar-refractivity contribution is 5.65. The van der Waals surface area contributed by atoms with E-state index in [4.69, 9.17) is 5.73 Å². The zero-order chi connectivity index (χ0) is 13.1. The van der Waals surface area contributed by atoms with Crippen molar-refractivity contribution in [2.75, 3.05) is 17.7 Å². The highest BCUT2D eigenvalue weighted by atomic mass is 19.1. The van der Waals surface area contributed by atoms with Crippen molar-refractivity contribution >= 4 is 11.4 Å². The average molecular weight is 249 g/mol. The molecule has 0 radical (unpaired) electrons. The van der Waals surface area contributed by atoms with Gasteiger partial charge in [0, 0.05) is 25.9 Å². The Morgan fingerprint density at radius 2 is 1.89 bits per heavy atom. The molecule has 3 nitrogen and oxygen atoms in total. The van der Waals surface area contributed by atoms with Crippen LogP contribution in [-0.2, 0) is 6.54 Å². The van der Waals surface area contributed by atoms with Crippen molar-refractivity contribution < 1.29 is 8.78 Å². The summed E-state index contributed by atoms with van der Waals surface area (Å²) >= 11 is 0. The number of anilines is 2. The maximum absolute atomic E-state index is 13.1. The van der Waals surface area contributed by atoms with E-state index in [1.54, 1.807) is 19.3 Å². The third-order valence-corrected chi connectivity index (χ3v) is 2.58. The van der Waals surface area contributed by atoms with Crippen molar-refractivity contribution in [2.45, 2.75) is 6.54 Å². The normalized spacial score (nSPS) is 10.4. The fraction of sp³-hybridized carbons (Fsp3) is 0.154. The lowest BCUT2D eigenvalue weighted by molar-refractivity contribution is 0.579. The van der Waals surface area contributed by atoms with E-state index >= 15 is 0 Å². The highest BCUT2D eigenvalue weighted by Crippen LogP contribution is 2.22. The first kappa shape index (κ1) is 12.3. The van der Waals surface area contributed by atoms with Gasteiger partial charge in [-0.25, -0.2) is 8.78 Å². The largest absolute Gasteiger partial charge is 0.396 e. The van der Waals surface area contributed by atoms with Gasteiger partial charge in [0.05, 0.1) is 17.6 Å². The molecule has 1 aromatic heterocycles. The Morgan fingerprint density at radius 3 is 2.50 bits per heavy atom. The zero-order valence-corrected chi connectivity index (χ0v) is 9.90. The first-order valence-electron chi connectivity index (χ1n) is 5.42. The molecule has 0 fully saturated rings. The van der Waals surface area contributed by atoms with Crippen molar-refractivity contribution in [3.05, 3.63) is 53.9 Å². The van der Waals surface area contributed by atoms with Crippen LogP contribution in [0.4, 0.5) is 20.2 Å². The quantitative estimate of drug-likeness (QED) is 0.909. The molecule has 0 atom stereocenters. The Hall–Kier alpha value is -2.17. The van der Waals surface area contributed by atoms with Crippen molar-refractivity contribution in [1.82, 2.24) is 4.98 Å². The van der Waals surface area contributed by atoms with E-state index < -0.39 is 11.6 Å². The van der Waals surface area contributed by atoms with Gasteiger partial charge < -0.3 is 10.6 Å². The van der Waals surface area contributed by atoms with Gasteiger partial charge in [-0.05, 0) is 23.8 Å². The third-order valence-electron chi connectivity index (χ3n) is 2.58. The minimum absolute atomic E-state index is 0.364. The molecule has 0 aliphatic carbocycles. The fourth-order valence-corrected chi connectivity index (χ4v) is 1.81. The molecule has 18 heavy (non-hydrogen) atoms. The van der Waals surface area contributed by atoms with Gasteiger partial charge in [0.15, 0.2) is 0 Å². The van der Waals surface area contributed by atoms with Crippen LogP contribution in [0.2, 0.25) is 0 Å². The van der Waals surface area contributed by atoms with Crippen molar-refractivity contribution in [2.24, 2.45) is 0 Å². The standard InChI is InChI=1S/C13H13F2N3/c1-18(13-2-3-17-7-12(13)16)8-9-4-10(14)6-11(15)5-9/h2-7H,8,16H2,1H3. The summed E-state index contributed by atoms with van der Waals surface area (Å²) < 4.78 is 26.1. The monoisotopic (exact) mass is 249 g/mol. The molecule has 0 amide bonds. The topological polar surface area (TPSA) is 42.2 Å². The smallest absolute Gasteiger partial charge is 0.126 e. The molecule has 2 N–H and O–H groups in total. The lowest BCUT2D eigenvalue weighted by Crippen LogP contribution is -2.18. The number of halogens is 2. The molecular weight excluding hydrogens is 236 g/mol. The van der Waals surface area contributed by atoms with E-state index in [9.17, 15) is 8.78 Å². The first-order valence-corrected chi connectivity index (χ1v) is 5.42. The summed E-state index contributed by atoms with van der Waals surface area (Å²) in [7, 11) is 1.80. The molecule has 0 saturated heterocycles. The van der Waals surface area contributed by atoms with Crippen LogP contribution in [0.15, 0.2) is 36.7 Å². The van der Waals surface area contributed by atoms with E-state index in [1.165, 1.54) is 18.3 Å². The lowest BCUT2D eigenvalue weighted by atomic mass is 10.2. The Balaban J connectivity index is 2.21. The molecule has 1 heterocycles. The van der Waals surface area contributed by atoms with E-state index in [2.05, 4.69) is 4.98 Å². The van der Waals surface area contributed by atoms with Gasteiger partial charge >= 0.3 is 0 Å². The Labute approximate surface area is 104 Å². The van der Waals surface area contributed by atoms with Gasteiger partial charge in [0.25, 0.3) is 0 Å². The molecular formula is C13H13F2N3. The second kappa shape index (κ2) is 5.00. The van der Waals surface area contributed by atoms with Gasteiger partial charge in [0.2, 0.25) is 0 Å². The Bertz CT molecular complexity index is 537. The Morgan fingerprint density at radius 1 is 1.22 bits per heavy atom. The number of rotatable bonds is 3. The van der Waals surface area contributed by atoms with Crippen LogP contribution in [0.25, 0.3) is 0 Å². The summed E-state index contributed by atoms with van der Waals surface area (Å²) in [6.45, 7) is 0.364. The van der Waals surface area contributed by atoms with Gasteiger partial charge in [-0.15, -0.1) is 0 Å². The molecule has 2 aromatic rings. The summed E-state index contributed by atoms with van der Waals surface area (Å²) in [5.41, 5.74) is 7.63. The van der Waals surface area contributed by atoms with E-state index in [0.717, 1.165) is 11.8 Å². The molecule has 2 rings (SSSR count). The van der Waals surface area contributed by atoms with Gasteiger partial charge in [-0.1, -0.05) is 0 Å². The molecule has 0 unspecified atom stereocenters. The van der Waals surface area contributed by atoms with Crippen molar-refractivity contribution in [3.8, 4) is 0 Å². The van der Waals surface area contributed by atoms with Gasteiger partial charge in [0.1, 0.15) is 11.6 Å². The molecule has 0 aliphatic heterocycles. The summed E-state index contributed by atoms with van der Waals surface area (Å²) in [6.07, 6.45) is 3.16. The lowest BCUT2D eigenvalue weighted by Gasteiger charge is -2.20. The predicted molar refractivity (Wildman–Crippen MR) is 67.1 cm³/mol. The highest BCUT2D eigenvalue weighted by Gasteiger charge is 2.07. The molecule has 0 bridgehead atoms. The SMILES string of the molecule is CN(Cc1cc(F)cc(F)c1)c1ccncc1N. The van der Waals surface area contributed by atoms with Gasteiger partial charge in [-0.2, -0.15) is 0 Å². The zero-order valence-electron chi connectivity index (χ0n) is 9.90. The van der Waals surface area contributed by atoms with Crippen LogP contribution in [0.5, 0.6) is 0 Å². The van der Waals surface area contributed by atoms with Crippen LogP contribution >= 0.6 is 0 Å². The van der Waals surface area contributed by atoms with Gasteiger partial charge in [-0.3, -0.25) is 4.98 Å². The summed E-state index contributed by atoms with van der Waals surface area (Å²) in [6, 6.07) is 5.21. The fourth-order valence-electron chi connectivity index (χ4n) is 1.81. The van der Waals surface area contributed by atoms with E-state index in [0.29, 0.717) is 17.8 Å². The van der Waals surface area contributed by atoms with Crippen molar-refractivity contribution in [1.29, 1.82) is 0 Å². The van der Waals surface area contributed by atoms with E-state index in [1.807, 2.05) is 4.90 Å². The van der Waals surface area contributed by atoms with Crippen molar-refractivity contribution in [3.63, 3.8) is 0 Å². The maximum atomic E-state index is 13.1. The number of hydrogen-bond acceptors (Lipinski definition) is 3. The summed E-state index contributed by atoms with van der Waals surface area (Å²) in [5.74, 6) is -1.16. The second-order valence-electron chi connectivity index (χ2n) is 4.07. The number of nitrogens with zero attached hydrogens (tertiary/aromatic N) is 2. The average Bonchev–Trinajstić information content (AvgIpc) is 2.27. The van der Waals surface area contributed by atoms with Crippen LogP contribution < -0.4 is 10.6 Å². The predicted octanol–water partition coefficient (Wildman–Crippen LogP) is 2.58. The number of aromatic nitrogens is 1. The van der Waals surface area contributed by atoms with Crippen LogP contribution in [-0.4, -0.2) is 12.0 Å². The maximum Gasteiger partial charge on any atom is 0.126 e. The number of benzene rings is 1. The molecule has 0 saturated carbocycles. The molecule has 5 heteroatoms. The minimum Gasteiger partial charge on any atom is -0.396 e. The number of nitrogen functional groups attached to an aromatic ring is 1. The number of pyridine rings is 1. The van der Waals surface area contributed by atoms with Crippen LogP contribution in [0.1, 0.15) is 5.56 Å². The van der Waals surface area contributed by atoms with E-state index in [-0.39, 0.29) is 0 Å². The minimum atomic E-state index is -0.582. The Kier molecular flexibility index (Phi) is 3.41. The summed E-state index contributed by atoms with van der Waals surface area (Å²) in [4.78, 5) is 5.70. The van der Waals surface area contributed by atoms with Crippen LogP contribution in [0, 0.1) is 11.6 Å². The number of nitrogens with two attached hydrogens (primary N) is 1. The second-order valence-corrected chi connectivity index (χ2v) is 4.07. The third kappa shape index (κ3) is 2.74.